The summed E-state index contributed by atoms with van der Waals surface area (Å²) >= 11 is 0. The van der Waals surface area contributed by atoms with Crippen LogP contribution < -0.4 is 16.4 Å². The van der Waals surface area contributed by atoms with Gasteiger partial charge in [0.25, 0.3) is 5.91 Å². The smallest absolute Gasteiger partial charge is 0.255 e. The highest BCUT2D eigenvalue weighted by Gasteiger charge is 2.09. The third kappa shape index (κ3) is 4.13. The number of rotatable bonds is 5. The van der Waals surface area contributed by atoms with Crippen LogP contribution in [0.1, 0.15) is 22.3 Å². The van der Waals surface area contributed by atoms with E-state index < -0.39 is 0 Å². The van der Waals surface area contributed by atoms with E-state index in [1.165, 1.54) is 0 Å². The van der Waals surface area contributed by atoms with Gasteiger partial charge in [0.15, 0.2) is 0 Å². The quantitative estimate of drug-likeness (QED) is 0.785. The molecule has 1 aromatic carbocycles. The second kappa shape index (κ2) is 7.33. The average Bonchev–Trinajstić information content (AvgIpc) is 2.51. The molecule has 4 N–H and O–H groups in total. The van der Waals surface area contributed by atoms with E-state index in [-0.39, 0.29) is 18.2 Å². The minimum atomic E-state index is -0.226. The Kier molecular flexibility index (Phi) is 5.21. The lowest BCUT2D eigenvalue weighted by atomic mass is 10.1. The van der Waals surface area contributed by atoms with E-state index in [0.29, 0.717) is 23.5 Å². The second-order valence-corrected chi connectivity index (χ2v) is 4.81. The summed E-state index contributed by atoms with van der Waals surface area (Å²) in [4.78, 5) is 27.6. The van der Waals surface area contributed by atoms with Crippen molar-refractivity contribution in [1.82, 2.24) is 4.98 Å². The number of aryl methyl sites for hydroxylation is 1. The van der Waals surface area contributed by atoms with Crippen LogP contribution in [0.4, 0.5) is 11.4 Å². The summed E-state index contributed by atoms with van der Waals surface area (Å²) in [6.45, 7) is 2.18. The Morgan fingerprint density at radius 3 is 2.55 bits per heavy atom. The van der Waals surface area contributed by atoms with Crippen LogP contribution in [0.3, 0.4) is 0 Å². The maximum Gasteiger partial charge on any atom is 0.255 e. The molecule has 0 bridgehead atoms. The van der Waals surface area contributed by atoms with Gasteiger partial charge in [0, 0.05) is 42.3 Å². The monoisotopic (exact) mass is 298 g/mol. The van der Waals surface area contributed by atoms with Crippen LogP contribution in [-0.2, 0) is 4.79 Å². The Hall–Kier alpha value is -2.73. The normalized spacial score (nSPS) is 10.1. The number of hydrogen-bond donors (Lipinski definition) is 3. The van der Waals surface area contributed by atoms with E-state index in [9.17, 15) is 9.59 Å². The van der Waals surface area contributed by atoms with Gasteiger partial charge in [-0.15, -0.1) is 0 Å². The Balaban J connectivity index is 2.13. The lowest BCUT2D eigenvalue weighted by Gasteiger charge is -2.11. The minimum Gasteiger partial charge on any atom is -0.330 e. The van der Waals surface area contributed by atoms with E-state index in [0.717, 1.165) is 5.56 Å². The van der Waals surface area contributed by atoms with Crippen molar-refractivity contribution in [3.05, 3.63) is 53.9 Å². The third-order valence-electron chi connectivity index (χ3n) is 3.08. The lowest BCUT2D eigenvalue weighted by Crippen LogP contribution is -2.17. The van der Waals surface area contributed by atoms with Crippen LogP contribution in [0.25, 0.3) is 0 Å². The molecular weight excluding hydrogens is 280 g/mol. The van der Waals surface area contributed by atoms with Gasteiger partial charge in [-0.05, 0) is 36.8 Å². The molecule has 22 heavy (non-hydrogen) atoms. The molecule has 0 aliphatic heterocycles. The average molecular weight is 298 g/mol. The molecule has 1 heterocycles. The molecule has 0 saturated carbocycles. The molecule has 1 aromatic heterocycles. The molecule has 0 aliphatic rings. The maximum absolute atomic E-state index is 12.2. The van der Waals surface area contributed by atoms with Gasteiger partial charge < -0.3 is 16.4 Å². The fraction of sp³-hybridized carbons (Fsp3) is 0.188. The van der Waals surface area contributed by atoms with E-state index in [1.54, 1.807) is 36.7 Å². The van der Waals surface area contributed by atoms with Crippen molar-refractivity contribution >= 4 is 23.2 Å². The maximum atomic E-state index is 12.2. The molecule has 0 aliphatic carbocycles. The van der Waals surface area contributed by atoms with Crippen LogP contribution >= 0.6 is 0 Å². The summed E-state index contributed by atoms with van der Waals surface area (Å²) in [5, 5.41) is 5.57. The highest BCUT2D eigenvalue weighted by molar-refractivity contribution is 6.05. The Morgan fingerprint density at radius 1 is 1.14 bits per heavy atom. The molecule has 2 amide bonds. The van der Waals surface area contributed by atoms with Crippen molar-refractivity contribution in [3.8, 4) is 0 Å². The zero-order valence-electron chi connectivity index (χ0n) is 12.3. The van der Waals surface area contributed by atoms with Crippen molar-refractivity contribution in [1.29, 1.82) is 0 Å². The molecule has 6 nitrogen and oxygen atoms in total. The first-order valence-electron chi connectivity index (χ1n) is 6.92. The van der Waals surface area contributed by atoms with E-state index in [2.05, 4.69) is 15.6 Å². The zero-order chi connectivity index (χ0) is 15.9. The topological polar surface area (TPSA) is 97.1 Å². The highest BCUT2D eigenvalue weighted by atomic mass is 16.2. The number of anilines is 2. The number of nitrogens with two attached hydrogens (primary N) is 1. The first-order chi connectivity index (χ1) is 10.6. The first kappa shape index (κ1) is 15.7. The first-order valence-corrected chi connectivity index (χ1v) is 6.92. The summed E-state index contributed by atoms with van der Waals surface area (Å²) in [5.74, 6) is -0.381. The van der Waals surface area contributed by atoms with E-state index in [1.807, 2.05) is 13.0 Å². The van der Waals surface area contributed by atoms with Crippen LogP contribution in [0.5, 0.6) is 0 Å². The number of carbonyl (C=O) groups excluding carboxylic acids is 2. The second-order valence-electron chi connectivity index (χ2n) is 4.81. The summed E-state index contributed by atoms with van der Waals surface area (Å²) < 4.78 is 0. The highest BCUT2D eigenvalue weighted by Crippen LogP contribution is 2.21. The van der Waals surface area contributed by atoms with Gasteiger partial charge in [-0.1, -0.05) is 6.07 Å². The van der Waals surface area contributed by atoms with Gasteiger partial charge >= 0.3 is 0 Å². The van der Waals surface area contributed by atoms with Crippen molar-refractivity contribution in [2.45, 2.75) is 13.3 Å². The Labute approximate surface area is 128 Å². The summed E-state index contributed by atoms with van der Waals surface area (Å²) in [5.41, 5.74) is 8.03. The molecule has 6 heteroatoms. The van der Waals surface area contributed by atoms with Crippen LogP contribution in [-0.4, -0.2) is 23.3 Å². The number of hydrogen-bond acceptors (Lipinski definition) is 4. The number of benzene rings is 1. The molecule has 0 atom stereocenters. The molecule has 0 fully saturated rings. The summed E-state index contributed by atoms with van der Waals surface area (Å²) in [6.07, 6.45) is 3.38. The standard InChI is InChI=1S/C16H18N4O2/c1-11-2-3-13(19-15(21)4-7-17)10-14(11)20-16(22)12-5-8-18-9-6-12/h2-3,5-6,8-10H,4,7,17H2,1H3,(H,19,21)(H,20,22). The predicted octanol–water partition coefficient (Wildman–Crippen LogP) is 1.93. The molecule has 0 radical (unpaired) electrons. The van der Waals surface area contributed by atoms with Gasteiger partial charge in [-0.25, -0.2) is 0 Å². The third-order valence-corrected chi connectivity index (χ3v) is 3.08. The largest absolute Gasteiger partial charge is 0.330 e. The zero-order valence-corrected chi connectivity index (χ0v) is 12.3. The van der Waals surface area contributed by atoms with Crippen LogP contribution in [0.15, 0.2) is 42.7 Å². The van der Waals surface area contributed by atoms with Crippen molar-refractivity contribution in [2.24, 2.45) is 5.73 Å². The van der Waals surface area contributed by atoms with Gasteiger partial charge in [0.05, 0.1) is 0 Å². The molecule has 114 valence electrons. The number of aromatic nitrogens is 1. The molecule has 0 saturated heterocycles. The molecule has 2 aromatic rings. The summed E-state index contributed by atoms with van der Waals surface area (Å²) in [7, 11) is 0. The van der Waals surface area contributed by atoms with Gasteiger partial charge in [0.2, 0.25) is 5.91 Å². The fourth-order valence-corrected chi connectivity index (χ4v) is 1.89. The number of pyridine rings is 1. The van der Waals surface area contributed by atoms with E-state index in [4.69, 9.17) is 5.73 Å². The Morgan fingerprint density at radius 2 is 1.86 bits per heavy atom. The van der Waals surface area contributed by atoms with Gasteiger partial charge in [-0.3, -0.25) is 14.6 Å². The summed E-state index contributed by atoms with van der Waals surface area (Å²) in [6, 6.07) is 8.62. The molecule has 0 unspecified atom stereocenters. The number of carbonyl (C=O) groups is 2. The van der Waals surface area contributed by atoms with Crippen molar-refractivity contribution in [3.63, 3.8) is 0 Å². The van der Waals surface area contributed by atoms with Gasteiger partial charge in [-0.2, -0.15) is 0 Å². The molecule has 0 spiro atoms. The van der Waals surface area contributed by atoms with Crippen LogP contribution in [0.2, 0.25) is 0 Å². The molecular formula is C16H18N4O2. The van der Waals surface area contributed by atoms with Gasteiger partial charge in [0.1, 0.15) is 0 Å². The fourth-order valence-electron chi connectivity index (χ4n) is 1.89. The SMILES string of the molecule is Cc1ccc(NC(=O)CCN)cc1NC(=O)c1ccncc1. The van der Waals surface area contributed by atoms with Crippen molar-refractivity contribution in [2.75, 3.05) is 17.2 Å². The predicted molar refractivity (Wildman–Crippen MR) is 85.7 cm³/mol. The number of amides is 2. The lowest BCUT2D eigenvalue weighted by molar-refractivity contribution is -0.116. The minimum absolute atomic E-state index is 0.155. The van der Waals surface area contributed by atoms with Crippen LogP contribution in [0, 0.1) is 6.92 Å². The van der Waals surface area contributed by atoms with E-state index >= 15 is 0 Å². The number of nitrogens with zero attached hydrogens (tertiary/aromatic N) is 1. The van der Waals surface area contributed by atoms with Crippen molar-refractivity contribution < 1.29 is 9.59 Å². The molecule has 2 rings (SSSR count). The Bertz CT molecular complexity index is 671. The number of nitrogens with one attached hydrogen (secondary N) is 2.